The van der Waals surface area contributed by atoms with Crippen LogP contribution in [-0.2, 0) is 11.2 Å². The summed E-state index contributed by atoms with van der Waals surface area (Å²) in [5.74, 6) is 0.0475. The molecule has 0 saturated heterocycles. The van der Waals surface area contributed by atoms with Crippen molar-refractivity contribution in [2.75, 3.05) is 18.9 Å². The Morgan fingerprint density at radius 2 is 2.21 bits per heavy atom. The summed E-state index contributed by atoms with van der Waals surface area (Å²) in [4.78, 5) is 18.3. The number of rotatable bonds is 5. The van der Waals surface area contributed by atoms with Crippen molar-refractivity contribution in [3.8, 4) is 0 Å². The number of aromatic nitrogens is 1. The number of hydrogen-bond donors (Lipinski definition) is 2. The molecule has 1 amide bonds. The summed E-state index contributed by atoms with van der Waals surface area (Å²) in [6, 6.07) is 0.282. The number of aliphatic hydroxyl groups is 1. The van der Waals surface area contributed by atoms with E-state index < -0.39 is 0 Å². The molecule has 1 heterocycles. The number of aliphatic hydroxyl groups excluding tert-OH is 1. The number of nitrogens with zero attached hydrogens (tertiary/aromatic N) is 2. The summed E-state index contributed by atoms with van der Waals surface area (Å²) in [6.45, 7) is 0.435. The Labute approximate surface area is 117 Å². The molecule has 3 N–H and O–H groups in total. The summed E-state index contributed by atoms with van der Waals surface area (Å²) < 4.78 is 0. The van der Waals surface area contributed by atoms with Crippen LogP contribution < -0.4 is 5.73 Å². The Kier molecular flexibility index (Phi) is 5.15. The lowest BCUT2D eigenvalue weighted by Gasteiger charge is -2.34. The van der Waals surface area contributed by atoms with Gasteiger partial charge >= 0.3 is 0 Å². The Hall–Kier alpha value is -1.14. The van der Waals surface area contributed by atoms with Gasteiger partial charge in [-0.3, -0.25) is 4.79 Å². The Balaban J connectivity index is 1.98. The van der Waals surface area contributed by atoms with Gasteiger partial charge in [0.15, 0.2) is 5.13 Å². The van der Waals surface area contributed by atoms with Gasteiger partial charge in [0.25, 0.3) is 0 Å². The van der Waals surface area contributed by atoms with Gasteiger partial charge in [-0.25, -0.2) is 4.98 Å². The minimum atomic E-state index is 0.0153. The number of carbonyl (C=O) groups excluding carboxylic acids is 1. The fourth-order valence-corrected chi connectivity index (χ4v) is 3.23. The number of thiazole rings is 1. The SMILES string of the molecule is Nc1nc(CC(=O)N(CCO)C2CCCCC2)cs1. The van der Waals surface area contributed by atoms with Gasteiger partial charge in [-0.2, -0.15) is 0 Å². The molecule has 2 rings (SSSR count). The van der Waals surface area contributed by atoms with Gasteiger partial charge < -0.3 is 15.7 Å². The molecule has 0 atom stereocenters. The highest BCUT2D eigenvalue weighted by Crippen LogP contribution is 2.23. The van der Waals surface area contributed by atoms with Crippen molar-refractivity contribution in [2.45, 2.75) is 44.6 Å². The molecule has 6 heteroatoms. The first-order valence-corrected chi connectivity index (χ1v) is 7.69. The normalized spacial score (nSPS) is 16.5. The second-order valence-electron chi connectivity index (χ2n) is 4.96. The third kappa shape index (κ3) is 3.91. The van der Waals surface area contributed by atoms with E-state index in [-0.39, 0.29) is 25.0 Å². The molecular formula is C13H21N3O2S. The van der Waals surface area contributed by atoms with Gasteiger partial charge in [-0.15, -0.1) is 11.3 Å². The summed E-state index contributed by atoms with van der Waals surface area (Å²) >= 11 is 1.35. The van der Waals surface area contributed by atoms with E-state index in [0.29, 0.717) is 11.7 Å². The molecule has 106 valence electrons. The largest absolute Gasteiger partial charge is 0.395 e. The average molecular weight is 283 g/mol. The van der Waals surface area contributed by atoms with E-state index >= 15 is 0 Å². The first-order chi connectivity index (χ1) is 9.20. The standard InChI is InChI=1S/C13H21N3O2S/c14-13-15-10(9-19-13)8-12(18)16(6-7-17)11-4-2-1-3-5-11/h9,11,17H,1-8H2,(H2,14,15). The average Bonchev–Trinajstić information content (AvgIpc) is 2.82. The molecule has 0 unspecified atom stereocenters. The van der Waals surface area contributed by atoms with Crippen LogP contribution in [0.2, 0.25) is 0 Å². The third-order valence-corrected chi connectivity index (χ3v) is 4.30. The quantitative estimate of drug-likeness (QED) is 0.856. The molecule has 1 aliphatic rings. The number of hydrogen-bond acceptors (Lipinski definition) is 5. The topological polar surface area (TPSA) is 79.5 Å². The summed E-state index contributed by atoms with van der Waals surface area (Å²) in [7, 11) is 0. The van der Waals surface area contributed by atoms with Gasteiger partial charge in [0.1, 0.15) is 0 Å². The minimum absolute atomic E-state index is 0.0153. The smallest absolute Gasteiger partial charge is 0.228 e. The van der Waals surface area contributed by atoms with Crippen molar-refractivity contribution in [2.24, 2.45) is 0 Å². The molecule has 1 saturated carbocycles. The van der Waals surface area contributed by atoms with Crippen molar-refractivity contribution in [1.29, 1.82) is 0 Å². The van der Waals surface area contributed by atoms with Gasteiger partial charge in [0, 0.05) is 18.0 Å². The minimum Gasteiger partial charge on any atom is -0.395 e. The van der Waals surface area contributed by atoms with Crippen molar-refractivity contribution in [3.05, 3.63) is 11.1 Å². The maximum atomic E-state index is 12.3. The molecule has 1 aromatic rings. The van der Waals surface area contributed by atoms with Crippen LogP contribution >= 0.6 is 11.3 Å². The summed E-state index contributed by atoms with van der Waals surface area (Å²) in [6.07, 6.45) is 5.97. The van der Waals surface area contributed by atoms with Crippen LogP contribution in [0.3, 0.4) is 0 Å². The Morgan fingerprint density at radius 3 is 2.79 bits per heavy atom. The zero-order chi connectivity index (χ0) is 13.7. The van der Waals surface area contributed by atoms with Crippen LogP contribution in [-0.4, -0.2) is 40.1 Å². The molecule has 0 bridgehead atoms. The van der Waals surface area contributed by atoms with Crippen molar-refractivity contribution < 1.29 is 9.90 Å². The lowest BCUT2D eigenvalue weighted by molar-refractivity contribution is -0.134. The molecule has 0 aromatic carbocycles. The fraction of sp³-hybridized carbons (Fsp3) is 0.692. The summed E-state index contributed by atoms with van der Waals surface area (Å²) in [5, 5.41) is 11.5. The molecule has 1 aliphatic carbocycles. The van der Waals surface area contributed by atoms with E-state index in [1.807, 2.05) is 10.3 Å². The number of amides is 1. The molecule has 0 radical (unpaired) electrons. The Bertz CT molecular complexity index is 416. The second kappa shape index (κ2) is 6.86. The predicted octanol–water partition coefficient (Wildman–Crippen LogP) is 1.42. The molecule has 1 aromatic heterocycles. The van der Waals surface area contributed by atoms with Crippen LogP contribution in [0.1, 0.15) is 37.8 Å². The predicted molar refractivity (Wildman–Crippen MR) is 75.9 cm³/mol. The second-order valence-corrected chi connectivity index (χ2v) is 5.85. The van der Waals surface area contributed by atoms with E-state index in [1.165, 1.54) is 30.6 Å². The highest BCUT2D eigenvalue weighted by molar-refractivity contribution is 7.13. The third-order valence-electron chi connectivity index (χ3n) is 3.58. The zero-order valence-corrected chi connectivity index (χ0v) is 11.9. The molecule has 1 fully saturated rings. The molecular weight excluding hydrogens is 262 g/mol. The fourth-order valence-electron chi connectivity index (χ4n) is 2.67. The number of anilines is 1. The van der Waals surface area contributed by atoms with Gasteiger partial charge in [0.05, 0.1) is 18.7 Å². The first kappa shape index (κ1) is 14.3. The highest BCUT2D eigenvalue weighted by atomic mass is 32.1. The molecule has 0 aliphatic heterocycles. The molecule has 19 heavy (non-hydrogen) atoms. The van der Waals surface area contributed by atoms with Crippen LogP contribution in [0.15, 0.2) is 5.38 Å². The number of nitrogen functional groups attached to an aromatic ring is 1. The van der Waals surface area contributed by atoms with E-state index in [1.54, 1.807) is 0 Å². The van der Waals surface area contributed by atoms with Crippen LogP contribution in [0.25, 0.3) is 0 Å². The van der Waals surface area contributed by atoms with Gasteiger partial charge in [-0.1, -0.05) is 19.3 Å². The van der Waals surface area contributed by atoms with Crippen LogP contribution in [0.4, 0.5) is 5.13 Å². The monoisotopic (exact) mass is 283 g/mol. The first-order valence-electron chi connectivity index (χ1n) is 6.81. The van der Waals surface area contributed by atoms with E-state index in [2.05, 4.69) is 4.98 Å². The van der Waals surface area contributed by atoms with Crippen LogP contribution in [0.5, 0.6) is 0 Å². The zero-order valence-electron chi connectivity index (χ0n) is 11.0. The van der Waals surface area contributed by atoms with Gasteiger partial charge in [-0.05, 0) is 12.8 Å². The number of nitrogens with two attached hydrogens (primary N) is 1. The van der Waals surface area contributed by atoms with Crippen molar-refractivity contribution in [3.63, 3.8) is 0 Å². The van der Waals surface area contributed by atoms with E-state index in [0.717, 1.165) is 18.5 Å². The highest BCUT2D eigenvalue weighted by Gasteiger charge is 2.25. The molecule has 5 nitrogen and oxygen atoms in total. The van der Waals surface area contributed by atoms with Crippen molar-refractivity contribution in [1.82, 2.24) is 9.88 Å². The van der Waals surface area contributed by atoms with Crippen molar-refractivity contribution >= 4 is 22.4 Å². The maximum Gasteiger partial charge on any atom is 0.228 e. The lowest BCUT2D eigenvalue weighted by Crippen LogP contribution is -2.43. The summed E-state index contributed by atoms with van der Waals surface area (Å²) in [5.41, 5.74) is 6.30. The van der Waals surface area contributed by atoms with Crippen LogP contribution in [0, 0.1) is 0 Å². The number of carbonyl (C=O) groups is 1. The molecule has 0 spiro atoms. The Morgan fingerprint density at radius 1 is 1.47 bits per heavy atom. The van der Waals surface area contributed by atoms with Gasteiger partial charge in [0.2, 0.25) is 5.91 Å². The van der Waals surface area contributed by atoms with E-state index in [4.69, 9.17) is 10.8 Å². The van der Waals surface area contributed by atoms with E-state index in [9.17, 15) is 4.79 Å². The lowest BCUT2D eigenvalue weighted by atomic mass is 9.94. The maximum absolute atomic E-state index is 12.3.